The molecule has 132 valence electrons. The van der Waals surface area contributed by atoms with E-state index < -0.39 is 24.4 Å². The SMILES string of the molecule is CC[C@@H](C(=O)OCC(=O)Nc1cc(Cl)c(Cl)cc1Cl)c1ccccc1. The number of carbonyl (C=O) groups excluding carboxylic acids is 2. The van der Waals surface area contributed by atoms with E-state index in [2.05, 4.69) is 5.32 Å². The lowest BCUT2D eigenvalue weighted by Gasteiger charge is -2.15. The summed E-state index contributed by atoms with van der Waals surface area (Å²) in [5.41, 5.74) is 1.15. The summed E-state index contributed by atoms with van der Waals surface area (Å²) in [6, 6.07) is 12.1. The number of esters is 1. The first kappa shape index (κ1) is 19.6. The van der Waals surface area contributed by atoms with E-state index in [1.54, 1.807) is 0 Å². The minimum absolute atomic E-state index is 0.241. The van der Waals surface area contributed by atoms with E-state index in [4.69, 9.17) is 39.5 Å². The van der Waals surface area contributed by atoms with Crippen molar-refractivity contribution >= 4 is 52.4 Å². The third-order valence-electron chi connectivity index (χ3n) is 3.52. The molecular weight excluding hydrogens is 385 g/mol. The van der Waals surface area contributed by atoms with Gasteiger partial charge in [-0.25, -0.2) is 0 Å². The van der Waals surface area contributed by atoms with Gasteiger partial charge in [-0.3, -0.25) is 9.59 Å². The molecule has 2 rings (SSSR count). The maximum atomic E-state index is 12.2. The molecule has 2 aromatic rings. The Balaban J connectivity index is 1.95. The number of hydrogen-bond donors (Lipinski definition) is 1. The van der Waals surface area contributed by atoms with Gasteiger partial charge in [-0.05, 0) is 24.1 Å². The van der Waals surface area contributed by atoms with Gasteiger partial charge in [0.25, 0.3) is 5.91 Å². The zero-order valence-corrected chi connectivity index (χ0v) is 15.7. The fraction of sp³-hybridized carbons (Fsp3) is 0.222. The van der Waals surface area contributed by atoms with E-state index in [0.29, 0.717) is 12.1 Å². The average Bonchev–Trinajstić information content (AvgIpc) is 2.59. The van der Waals surface area contributed by atoms with Gasteiger partial charge < -0.3 is 10.1 Å². The Kier molecular flexibility index (Phi) is 7.12. The Morgan fingerprint density at radius 3 is 2.32 bits per heavy atom. The Labute approximate surface area is 161 Å². The van der Waals surface area contributed by atoms with Gasteiger partial charge in [0.2, 0.25) is 0 Å². The number of carbonyl (C=O) groups is 2. The van der Waals surface area contributed by atoms with Crippen LogP contribution in [0.4, 0.5) is 5.69 Å². The minimum atomic E-state index is -0.517. The summed E-state index contributed by atoms with van der Waals surface area (Å²) in [7, 11) is 0. The second kappa shape index (κ2) is 9.09. The van der Waals surface area contributed by atoms with Crippen LogP contribution < -0.4 is 5.32 Å². The van der Waals surface area contributed by atoms with Gasteiger partial charge in [0.1, 0.15) is 0 Å². The van der Waals surface area contributed by atoms with E-state index in [1.165, 1.54) is 12.1 Å². The number of halogens is 3. The van der Waals surface area contributed by atoms with E-state index in [9.17, 15) is 9.59 Å². The van der Waals surface area contributed by atoms with Gasteiger partial charge in [0.15, 0.2) is 6.61 Å². The summed E-state index contributed by atoms with van der Waals surface area (Å²) in [6.07, 6.45) is 0.573. The van der Waals surface area contributed by atoms with Crippen LogP contribution in [0.1, 0.15) is 24.8 Å². The monoisotopic (exact) mass is 399 g/mol. The molecule has 25 heavy (non-hydrogen) atoms. The number of benzene rings is 2. The van der Waals surface area contributed by atoms with Crippen LogP contribution in [0.3, 0.4) is 0 Å². The van der Waals surface area contributed by atoms with Crippen molar-refractivity contribution in [1.29, 1.82) is 0 Å². The van der Waals surface area contributed by atoms with E-state index in [0.717, 1.165) is 5.56 Å². The zero-order chi connectivity index (χ0) is 18.4. The molecule has 0 aliphatic heterocycles. The van der Waals surface area contributed by atoms with Crippen molar-refractivity contribution in [2.75, 3.05) is 11.9 Å². The first-order chi connectivity index (χ1) is 11.9. The lowest BCUT2D eigenvalue weighted by Crippen LogP contribution is -2.24. The predicted octanol–water partition coefficient (Wildman–Crippen LogP) is 5.32. The highest BCUT2D eigenvalue weighted by molar-refractivity contribution is 6.44. The van der Waals surface area contributed by atoms with Gasteiger partial charge in [-0.1, -0.05) is 72.1 Å². The quantitative estimate of drug-likeness (QED) is 0.527. The highest BCUT2D eigenvalue weighted by atomic mass is 35.5. The van der Waals surface area contributed by atoms with Crippen molar-refractivity contribution in [2.24, 2.45) is 0 Å². The molecule has 7 heteroatoms. The zero-order valence-electron chi connectivity index (χ0n) is 13.4. The Morgan fingerprint density at radius 2 is 1.68 bits per heavy atom. The summed E-state index contributed by atoms with van der Waals surface area (Å²) in [6.45, 7) is 1.47. The predicted molar refractivity (Wildman–Crippen MR) is 101 cm³/mol. The van der Waals surface area contributed by atoms with E-state index in [1.807, 2.05) is 37.3 Å². The number of amides is 1. The van der Waals surface area contributed by atoms with Crippen LogP contribution in [0.5, 0.6) is 0 Å². The fourth-order valence-corrected chi connectivity index (χ4v) is 2.86. The lowest BCUT2D eigenvalue weighted by molar-refractivity contribution is -0.149. The maximum absolute atomic E-state index is 12.2. The Morgan fingerprint density at radius 1 is 1.04 bits per heavy atom. The summed E-state index contributed by atoms with van der Waals surface area (Å²) < 4.78 is 5.12. The topological polar surface area (TPSA) is 55.4 Å². The van der Waals surface area contributed by atoms with Gasteiger partial charge in [-0.2, -0.15) is 0 Å². The molecule has 1 atom stereocenters. The fourth-order valence-electron chi connectivity index (χ4n) is 2.27. The van der Waals surface area contributed by atoms with Gasteiger partial charge in [0.05, 0.1) is 26.7 Å². The lowest BCUT2D eigenvalue weighted by atomic mass is 9.97. The molecule has 0 spiro atoms. The summed E-state index contributed by atoms with van der Waals surface area (Å²) in [5, 5.41) is 3.32. The third kappa shape index (κ3) is 5.36. The molecule has 0 saturated heterocycles. The third-order valence-corrected chi connectivity index (χ3v) is 4.56. The van der Waals surface area contributed by atoms with E-state index >= 15 is 0 Å². The standard InChI is InChI=1S/C18H16Cl3NO3/c1-2-12(11-6-4-3-5-7-11)18(24)25-10-17(23)22-16-9-14(20)13(19)8-15(16)21/h3-9,12H,2,10H2,1H3,(H,22,23)/t12-/m1/s1. The molecule has 0 radical (unpaired) electrons. The second-order valence-electron chi connectivity index (χ2n) is 5.27. The van der Waals surface area contributed by atoms with E-state index in [-0.39, 0.29) is 15.1 Å². The molecule has 2 aromatic carbocycles. The first-order valence-corrected chi connectivity index (χ1v) is 8.71. The molecule has 0 aliphatic carbocycles. The first-order valence-electron chi connectivity index (χ1n) is 7.58. The van der Waals surface area contributed by atoms with Crippen LogP contribution in [0.2, 0.25) is 15.1 Å². The second-order valence-corrected chi connectivity index (χ2v) is 6.50. The van der Waals surface area contributed by atoms with Gasteiger partial charge >= 0.3 is 5.97 Å². The molecule has 0 bridgehead atoms. The molecular formula is C18H16Cl3NO3. The van der Waals surface area contributed by atoms with Crippen molar-refractivity contribution in [1.82, 2.24) is 0 Å². The van der Waals surface area contributed by atoms with Crippen LogP contribution >= 0.6 is 34.8 Å². The molecule has 1 amide bonds. The smallest absolute Gasteiger partial charge is 0.313 e. The molecule has 0 fully saturated rings. The number of anilines is 1. The van der Waals surface area contributed by atoms with Crippen molar-refractivity contribution in [3.05, 3.63) is 63.1 Å². The average molecular weight is 401 g/mol. The molecule has 1 N–H and O–H groups in total. The summed E-state index contributed by atoms with van der Waals surface area (Å²) in [4.78, 5) is 24.2. The number of ether oxygens (including phenoxy) is 1. The van der Waals surface area contributed by atoms with Gasteiger partial charge in [-0.15, -0.1) is 0 Å². The van der Waals surface area contributed by atoms with Crippen LogP contribution in [0.15, 0.2) is 42.5 Å². The summed E-state index contributed by atoms with van der Waals surface area (Å²) >= 11 is 17.7. The highest BCUT2D eigenvalue weighted by Crippen LogP contribution is 2.32. The maximum Gasteiger partial charge on any atom is 0.313 e. The van der Waals surface area contributed by atoms with Crippen LogP contribution in [0, 0.1) is 0 Å². The number of rotatable bonds is 6. The summed E-state index contributed by atoms with van der Waals surface area (Å²) in [5.74, 6) is -1.39. The molecule has 0 aliphatic rings. The van der Waals surface area contributed by atoms with Crippen molar-refractivity contribution in [2.45, 2.75) is 19.3 Å². The number of hydrogen-bond acceptors (Lipinski definition) is 3. The largest absolute Gasteiger partial charge is 0.455 e. The highest BCUT2D eigenvalue weighted by Gasteiger charge is 2.21. The van der Waals surface area contributed by atoms with Crippen molar-refractivity contribution in [3.63, 3.8) is 0 Å². The van der Waals surface area contributed by atoms with Crippen LogP contribution in [-0.4, -0.2) is 18.5 Å². The molecule has 0 aromatic heterocycles. The Hall–Kier alpha value is -1.75. The molecule has 0 saturated carbocycles. The molecule has 0 unspecified atom stereocenters. The Bertz CT molecular complexity index is 766. The molecule has 0 heterocycles. The van der Waals surface area contributed by atoms with Crippen molar-refractivity contribution in [3.8, 4) is 0 Å². The van der Waals surface area contributed by atoms with Crippen LogP contribution in [0.25, 0.3) is 0 Å². The normalized spacial score (nSPS) is 11.7. The molecule has 4 nitrogen and oxygen atoms in total. The van der Waals surface area contributed by atoms with Crippen molar-refractivity contribution < 1.29 is 14.3 Å². The van der Waals surface area contributed by atoms with Crippen LogP contribution in [-0.2, 0) is 14.3 Å². The minimum Gasteiger partial charge on any atom is -0.455 e. The van der Waals surface area contributed by atoms with Gasteiger partial charge in [0, 0.05) is 0 Å². The number of nitrogens with one attached hydrogen (secondary N) is 1.